The van der Waals surface area contributed by atoms with Crippen molar-refractivity contribution in [1.29, 1.82) is 0 Å². The zero-order valence-electron chi connectivity index (χ0n) is 17.0. The van der Waals surface area contributed by atoms with Crippen LogP contribution in [0.4, 0.5) is 5.69 Å². The van der Waals surface area contributed by atoms with Crippen LogP contribution in [0.3, 0.4) is 0 Å². The summed E-state index contributed by atoms with van der Waals surface area (Å²) in [5.74, 6) is -0.311. The number of likely N-dealkylation sites (N-methyl/N-ethyl adjacent to an activating group) is 1. The molecule has 0 saturated carbocycles. The number of rotatable bonds is 7. The minimum absolute atomic E-state index is 0.0507. The van der Waals surface area contributed by atoms with Gasteiger partial charge in [0.25, 0.3) is 5.91 Å². The first-order chi connectivity index (χ1) is 14.0. The Morgan fingerprint density at radius 2 is 1.83 bits per heavy atom. The van der Waals surface area contributed by atoms with E-state index in [-0.39, 0.29) is 24.3 Å². The molecule has 2 aromatic carbocycles. The molecule has 1 N–H and O–H groups in total. The van der Waals surface area contributed by atoms with Crippen LogP contribution < -0.4 is 10.2 Å². The highest BCUT2D eigenvalue weighted by molar-refractivity contribution is 5.98. The molecule has 1 aliphatic rings. The summed E-state index contributed by atoms with van der Waals surface area (Å²) in [5, 5.41) is 2.70. The second kappa shape index (κ2) is 9.37. The van der Waals surface area contributed by atoms with Gasteiger partial charge in [-0.15, -0.1) is 0 Å². The fourth-order valence-electron chi connectivity index (χ4n) is 3.45. The van der Waals surface area contributed by atoms with E-state index in [1.165, 1.54) is 0 Å². The van der Waals surface area contributed by atoms with Crippen LogP contribution in [-0.4, -0.2) is 42.3 Å². The van der Waals surface area contributed by atoms with Crippen molar-refractivity contribution in [3.63, 3.8) is 0 Å². The van der Waals surface area contributed by atoms with Gasteiger partial charge in [0.15, 0.2) is 0 Å². The second-order valence-electron chi connectivity index (χ2n) is 7.21. The topological polar surface area (TPSA) is 69.7 Å². The van der Waals surface area contributed by atoms with Crippen LogP contribution in [0.1, 0.15) is 41.3 Å². The Hall–Kier alpha value is -3.15. The highest BCUT2D eigenvalue weighted by atomic mass is 16.2. The van der Waals surface area contributed by atoms with Gasteiger partial charge in [0.2, 0.25) is 11.8 Å². The fraction of sp³-hybridized carbons (Fsp3) is 0.348. The number of carbonyl (C=O) groups is 3. The Balaban J connectivity index is 1.55. The number of anilines is 1. The smallest absolute Gasteiger partial charge is 0.251 e. The first-order valence-electron chi connectivity index (χ1n) is 10.0. The highest BCUT2D eigenvalue weighted by Crippen LogP contribution is 2.21. The van der Waals surface area contributed by atoms with E-state index in [4.69, 9.17) is 0 Å². The van der Waals surface area contributed by atoms with E-state index in [1.54, 1.807) is 34.1 Å². The third-order valence-corrected chi connectivity index (χ3v) is 5.27. The van der Waals surface area contributed by atoms with E-state index in [0.717, 1.165) is 23.2 Å². The molecule has 0 bridgehead atoms. The van der Waals surface area contributed by atoms with Crippen molar-refractivity contribution in [3.05, 3.63) is 65.2 Å². The van der Waals surface area contributed by atoms with Crippen LogP contribution in [-0.2, 0) is 16.1 Å². The molecule has 0 aliphatic carbocycles. The number of nitrogens with one attached hydrogen (secondary N) is 1. The Labute approximate surface area is 171 Å². The van der Waals surface area contributed by atoms with Crippen LogP contribution in [0.5, 0.6) is 0 Å². The second-order valence-corrected chi connectivity index (χ2v) is 7.21. The van der Waals surface area contributed by atoms with Gasteiger partial charge in [-0.25, -0.2) is 0 Å². The monoisotopic (exact) mass is 393 g/mol. The van der Waals surface area contributed by atoms with Crippen molar-refractivity contribution >= 4 is 23.4 Å². The number of benzene rings is 2. The van der Waals surface area contributed by atoms with Gasteiger partial charge in [0, 0.05) is 37.3 Å². The SMILES string of the molecule is CCN(Cc1ccccc1C)C(=O)CNC(=O)c1ccc(N2CCCC2=O)cc1. The Kier molecular flexibility index (Phi) is 6.65. The van der Waals surface area contributed by atoms with Crippen LogP contribution in [0, 0.1) is 6.92 Å². The molecular formula is C23H27N3O3. The van der Waals surface area contributed by atoms with Crippen molar-refractivity contribution in [2.24, 2.45) is 0 Å². The van der Waals surface area contributed by atoms with E-state index in [2.05, 4.69) is 5.32 Å². The number of carbonyl (C=O) groups excluding carboxylic acids is 3. The van der Waals surface area contributed by atoms with E-state index in [9.17, 15) is 14.4 Å². The number of nitrogens with zero attached hydrogens (tertiary/aromatic N) is 2. The molecule has 1 fully saturated rings. The molecule has 6 nitrogen and oxygen atoms in total. The first-order valence-corrected chi connectivity index (χ1v) is 10.0. The normalized spacial score (nSPS) is 13.4. The summed E-state index contributed by atoms with van der Waals surface area (Å²) in [4.78, 5) is 40.2. The summed E-state index contributed by atoms with van der Waals surface area (Å²) in [6.07, 6.45) is 1.43. The van der Waals surface area contributed by atoms with Gasteiger partial charge in [0.1, 0.15) is 0 Å². The maximum absolute atomic E-state index is 12.6. The van der Waals surface area contributed by atoms with E-state index < -0.39 is 0 Å². The highest BCUT2D eigenvalue weighted by Gasteiger charge is 2.22. The first kappa shape index (κ1) is 20.6. The third kappa shape index (κ3) is 5.02. The summed E-state index contributed by atoms with van der Waals surface area (Å²) < 4.78 is 0. The Morgan fingerprint density at radius 1 is 1.10 bits per heavy atom. The molecule has 2 aromatic rings. The largest absolute Gasteiger partial charge is 0.343 e. The number of amides is 3. The Morgan fingerprint density at radius 3 is 2.45 bits per heavy atom. The summed E-state index contributed by atoms with van der Waals surface area (Å²) in [7, 11) is 0. The third-order valence-electron chi connectivity index (χ3n) is 5.27. The quantitative estimate of drug-likeness (QED) is 0.786. The van der Waals surface area contributed by atoms with Gasteiger partial charge >= 0.3 is 0 Å². The Bertz CT molecular complexity index is 892. The summed E-state index contributed by atoms with van der Waals surface area (Å²) in [5.41, 5.74) is 3.51. The lowest BCUT2D eigenvalue weighted by atomic mass is 10.1. The van der Waals surface area contributed by atoms with Gasteiger partial charge in [-0.2, -0.15) is 0 Å². The lowest BCUT2D eigenvalue weighted by Gasteiger charge is -2.22. The molecule has 0 spiro atoms. The number of hydrogen-bond acceptors (Lipinski definition) is 3. The molecule has 0 aromatic heterocycles. The summed E-state index contributed by atoms with van der Waals surface area (Å²) >= 11 is 0. The van der Waals surface area contributed by atoms with Crippen molar-refractivity contribution < 1.29 is 14.4 Å². The van der Waals surface area contributed by atoms with E-state index in [1.807, 2.05) is 38.1 Å². The molecule has 1 saturated heterocycles. The molecule has 6 heteroatoms. The van der Waals surface area contributed by atoms with Crippen LogP contribution in [0.15, 0.2) is 48.5 Å². The number of hydrogen-bond donors (Lipinski definition) is 1. The zero-order valence-corrected chi connectivity index (χ0v) is 17.0. The molecule has 0 atom stereocenters. The molecule has 29 heavy (non-hydrogen) atoms. The molecule has 152 valence electrons. The van der Waals surface area contributed by atoms with Crippen LogP contribution in [0.2, 0.25) is 0 Å². The molecular weight excluding hydrogens is 366 g/mol. The molecule has 1 heterocycles. The van der Waals surface area contributed by atoms with Crippen LogP contribution in [0.25, 0.3) is 0 Å². The lowest BCUT2D eigenvalue weighted by Crippen LogP contribution is -2.39. The zero-order chi connectivity index (χ0) is 20.8. The van der Waals surface area contributed by atoms with Gasteiger partial charge < -0.3 is 15.1 Å². The molecule has 3 amide bonds. The van der Waals surface area contributed by atoms with Crippen molar-refractivity contribution in [2.45, 2.75) is 33.2 Å². The maximum atomic E-state index is 12.6. The average Bonchev–Trinajstić information content (AvgIpc) is 3.17. The van der Waals surface area contributed by atoms with Crippen LogP contribution >= 0.6 is 0 Å². The lowest BCUT2D eigenvalue weighted by molar-refractivity contribution is -0.130. The maximum Gasteiger partial charge on any atom is 0.251 e. The van der Waals surface area contributed by atoms with Crippen molar-refractivity contribution in [3.8, 4) is 0 Å². The predicted octanol–water partition coefficient (Wildman–Crippen LogP) is 2.90. The predicted molar refractivity (Wildman–Crippen MR) is 113 cm³/mol. The van der Waals surface area contributed by atoms with Gasteiger partial charge in [-0.3, -0.25) is 14.4 Å². The fourth-order valence-corrected chi connectivity index (χ4v) is 3.45. The van der Waals surface area contributed by atoms with Gasteiger partial charge in [-0.05, 0) is 55.7 Å². The van der Waals surface area contributed by atoms with Crippen molar-refractivity contribution in [2.75, 3.05) is 24.5 Å². The summed E-state index contributed by atoms with van der Waals surface area (Å²) in [6, 6.07) is 14.9. The van der Waals surface area contributed by atoms with Gasteiger partial charge in [0.05, 0.1) is 6.54 Å². The summed E-state index contributed by atoms with van der Waals surface area (Å²) in [6.45, 7) is 5.71. The van der Waals surface area contributed by atoms with E-state index in [0.29, 0.717) is 31.6 Å². The van der Waals surface area contributed by atoms with E-state index >= 15 is 0 Å². The standard InChI is InChI=1S/C23H27N3O3/c1-3-25(16-19-8-5-4-7-17(19)2)22(28)15-24-23(29)18-10-12-20(13-11-18)26-14-6-9-21(26)27/h4-5,7-8,10-13H,3,6,9,14-16H2,1-2H3,(H,24,29). The molecule has 3 rings (SSSR count). The molecule has 0 unspecified atom stereocenters. The minimum Gasteiger partial charge on any atom is -0.343 e. The molecule has 0 radical (unpaired) electrons. The van der Waals surface area contributed by atoms with Gasteiger partial charge in [-0.1, -0.05) is 24.3 Å². The molecule has 1 aliphatic heterocycles. The van der Waals surface area contributed by atoms with Crippen molar-refractivity contribution in [1.82, 2.24) is 10.2 Å². The number of aryl methyl sites for hydroxylation is 1. The minimum atomic E-state index is -0.301. The average molecular weight is 393 g/mol.